The first-order valence-corrected chi connectivity index (χ1v) is 9.65. The summed E-state index contributed by atoms with van der Waals surface area (Å²) < 4.78 is 43.0. The fourth-order valence-electron chi connectivity index (χ4n) is 3.62. The largest absolute Gasteiger partial charge is 0.346 e. The topological polar surface area (TPSA) is 42.3 Å². The molecule has 0 N–H and O–H groups in total. The molecule has 4 rings (SSSR count). The first kappa shape index (κ1) is 16.3. The summed E-state index contributed by atoms with van der Waals surface area (Å²) in [6.45, 7) is 2.34. The van der Waals surface area contributed by atoms with Crippen LogP contribution in [0.5, 0.6) is 0 Å². The van der Waals surface area contributed by atoms with Crippen molar-refractivity contribution < 1.29 is 12.8 Å². The van der Waals surface area contributed by atoms with Crippen LogP contribution in [-0.4, -0.2) is 23.8 Å². The molecule has 0 saturated heterocycles. The van der Waals surface area contributed by atoms with E-state index in [9.17, 15) is 12.8 Å². The number of fused-ring (bicyclic) bond motifs is 3. The second-order valence-electron chi connectivity index (χ2n) is 6.50. The molecular weight excluding hydrogens is 339 g/mol. The smallest absolute Gasteiger partial charge is 0.243 e. The van der Waals surface area contributed by atoms with Gasteiger partial charge in [-0.3, -0.25) is 0 Å². The van der Waals surface area contributed by atoms with Gasteiger partial charge in [0.2, 0.25) is 10.0 Å². The fourth-order valence-corrected chi connectivity index (χ4v) is 5.11. The van der Waals surface area contributed by atoms with Crippen LogP contribution in [0.15, 0.2) is 47.4 Å². The van der Waals surface area contributed by atoms with Crippen LogP contribution in [0.25, 0.3) is 10.9 Å². The summed E-state index contributed by atoms with van der Waals surface area (Å²) in [7, 11) is -1.67. The van der Waals surface area contributed by atoms with Gasteiger partial charge in [0, 0.05) is 30.2 Å². The molecule has 4 nitrogen and oxygen atoms in total. The molecule has 0 radical (unpaired) electrons. The Morgan fingerprint density at radius 1 is 1.12 bits per heavy atom. The SMILES string of the molecule is Cc1cc(S(=O)(=O)N2CCc3c(n(C)c4ccccc34)C2)ccc1F. The van der Waals surface area contributed by atoms with E-state index in [-0.39, 0.29) is 4.90 Å². The normalized spacial score (nSPS) is 15.5. The van der Waals surface area contributed by atoms with Crippen LogP contribution in [0.2, 0.25) is 0 Å². The minimum absolute atomic E-state index is 0.147. The second-order valence-corrected chi connectivity index (χ2v) is 8.44. The standard InChI is InChI=1S/C19H19FN2O2S/c1-13-11-14(7-8-17(13)20)25(23,24)22-10-9-16-15-5-3-4-6-18(15)21(2)19(16)12-22/h3-8,11H,9-10,12H2,1-2H3. The maximum Gasteiger partial charge on any atom is 0.243 e. The fraction of sp³-hybridized carbons (Fsp3) is 0.263. The maximum atomic E-state index is 13.5. The average molecular weight is 358 g/mol. The highest BCUT2D eigenvalue weighted by Gasteiger charge is 2.31. The molecule has 0 bridgehead atoms. The summed E-state index contributed by atoms with van der Waals surface area (Å²) >= 11 is 0. The third-order valence-electron chi connectivity index (χ3n) is 5.05. The molecule has 0 spiro atoms. The van der Waals surface area contributed by atoms with Crippen LogP contribution >= 0.6 is 0 Å². The summed E-state index contributed by atoms with van der Waals surface area (Å²) in [5.41, 5.74) is 3.70. The van der Waals surface area contributed by atoms with Gasteiger partial charge in [0.15, 0.2) is 0 Å². The van der Waals surface area contributed by atoms with Crippen LogP contribution in [0.4, 0.5) is 4.39 Å². The minimum Gasteiger partial charge on any atom is -0.346 e. The predicted octanol–water partition coefficient (Wildman–Crippen LogP) is 3.37. The number of benzene rings is 2. The molecule has 0 aliphatic carbocycles. The average Bonchev–Trinajstić information content (AvgIpc) is 2.90. The van der Waals surface area contributed by atoms with Gasteiger partial charge in [0.05, 0.1) is 11.4 Å². The van der Waals surface area contributed by atoms with Crippen molar-refractivity contribution >= 4 is 20.9 Å². The van der Waals surface area contributed by atoms with Gasteiger partial charge in [-0.15, -0.1) is 0 Å². The Hall–Kier alpha value is -2.18. The highest BCUT2D eigenvalue weighted by Crippen LogP contribution is 2.32. The summed E-state index contributed by atoms with van der Waals surface area (Å²) in [4.78, 5) is 0.147. The van der Waals surface area contributed by atoms with Crippen molar-refractivity contribution in [3.8, 4) is 0 Å². The molecule has 1 aliphatic rings. The summed E-state index contributed by atoms with van der Waals surface area (Å²) in [6.07, 6.45) is 0.677. The van der Waals surface area contributed by atoms with Crippen LogP contribution in [0.3, 0.4) is 0 Å². The van der Waals surface area contributed by atoms with Crippen LogP contribution < -0.4 is 0 Å². The van der Waals surface area contributed by atoms with Crippen molar-refractivity contribution in [1.82, 2.24) is 8.87 Å². The molecule has 0 atom stereocenters. The lowest BCUT2D eigenvalue weighted by atomic mass is 10.1. The zero-order valence-corrected chi connectivity index (χ0v) is 15.0. The number of hydrogen-bond acceptors (Lipinski definition) is 2. The Bertz CT molecular complexity index is 1090. The van der Waals surface area contributed by atoms with Crippen molar-refractivity contribution in [2.75, 3.05) is 6.54 Å². The molecule has 1 aliphatic heterocycles. The lowest BCUT2D eigenvalue weighted by molar-refractivity contribution is 0.382. The molecule has 0 unspecified atom stereocenters. The van der Waals surface area contributed by atoms with Crippen molar-refractivity contribution in [3.63, 3.8) is 0 Å². The first-order chi connectivity index (χ1) is 11.9. The number of sulfonamides is 1. The van der Waals surface area contributed by atoms with Gasteiger partial charge in [0.1, 0.15) is 5.82 Å². The molecule has 6 heteroatoms. The van der Waals surface area contributed by atoms with Crippen molar-refractivity contribution in [2.45, 2.75) is 24.8 Å². The van der Waals surface area contributed by atoms with Gasteiger partial charge in [-0.2, -0.15) is 4.31 Å². The van der Waals surface area contributed by atoms with Crippen LogP contribution in [0.1, 0.15) is 16.8 Å². The first-order valence-electron chi connectivity index (χ1n) is 8.21. The van der Waals surface area contributed by atoms with E-state index in [1.54, 1.807) is 6.92 Å². The summed E-state index contributed by atoms with van der Waals surface area (Å²) in [5, 5.41) is 1.19. The van der Waals surface area contributed by atoms with E-state index in [1.165, 1.54) is 33.5 Å². The van der Waals surface area contributed by atoms with E-state index in [0.29, 0.717) is 25.1 Å². The Labute approximate surface area is 146 Å². The van der Waals surface area contributed by atoms with Gasteiger partial charge in [0.25, 0.3) is 0 Å². The predicted molar refractivity (Wildman–Crippen MR) is 95.4 cm³/mol. The van der Waals surface area contributed by atoms with Crippen molar-refractivity contribution in [2.24, 2.45) is 7.05 Å². The Balaban J connectivity index is 1.76. The third-order valence-corrected chi connectivity index (χ3v) is 6.89. The number of nitrogens with zero attached hydrogens (tertiary/aromatic N) is 2. The van der Waals surface area contributed by atoms with Gasteiger partial charge in [-0.05, 0) is 48.7 Å². The summed E-state index contributed by atoms with van der Waals surface area (Å²) in [5.74, 6) is -0.395. The molecule has 2 heterocycles. The molecule has 3 aromatic rings. The molecule has 0 saturated carbocycles. The van der Waals surface area contributed by atoms with Gasteiger partial charge in [-0.1, -0.05) is 18.2 Å². The van der Waals surface area contributed by atoms with E-state index in [1.807, 2.05) is 19.2 Å². The van der Waals surface area contributed by atoms with E-state index >= 15 is 0 Å². The number of para-hydroxylation sites is 1. The number of aryl methyl sites for hydroxylation is 2. The molecule has 0 amide bonds. The van der Waals surface area contributed by atoms with Crippen molar-refractivity contribution in [1.29, 1.82) is 0 Å². The molecular formula is C19H19FN2O2S. The second kappa shape index (κ2) is 5.68. The van der Waals surface area contributed by atoms with Crippen molar-refractivity contribution in [3.05, 3.63) is 65.1 Å². The Kier molecular flexibility index (Phi) is 3.70. The van der Waals surface area contributed by atoms with Gasteiger partial charge < -0.3 is 4.57 Å². The van der Waals surface area contributed by atoms with E-state index in [0.717, 1.165) is 11.2 Å². The van der Waals surface area contributed by atoms with Crippen LogP contribution in [0, 0.1) is 12.7 Å². The lowest BCUT2D eigenvalue weighted by Crippen LogP contribution is -2.36. The lowest BCUT2D eigenvalue weighted by Gasteiger charge is -2.27. The van der Waals surface area contributed by atoms with Gasteiger partial charge in [-0.25, -0.2) is 12.8 Å². The molecule has 25 heavy (non-hydrogen) atoms. The van der Waals surface area contributed by atoms with E-state index in [2.05, 4.69) is 16.7 Å². The molecule has 130 valence electrons. The minimum atomic E-state index is -3.64. The third kappa shape index (κ3) is 2.48. The number of hydrogen-bond donors (Lipinski definition) is 0. The quantitative estimate of drug-likeness (QED) is 0.705. The zero-order chi connectivity index (χ0) is 17.8. The maximum absolute atomic E-state index is 13.5. The van der Waals surface area contributed by atoms with E-state index in [4.69, 9.17) is 0 Å². The van der Waals surface area contributed by atoms with Crippen LogP contribution in [-0.2, 0) is 30.0 Å². The Morgan fingerprint density at radius 3 is 2.64 bits per heavy atom. The number of rotatable bonds is 2. The molecule has 1 aromatic heterocycles. The molecule has 2 aromatic carbocycles. The highest BCUT2D eigenvalue weighted by atomic mass is 32.2. The monoisotopic (exact) mass is 358 g/mol. The number of aromatic nitrogens is 1. The molecule has 0 fully saturated rings. The van der Waals surface area contributed by atoms with E-state index < -0.39 is 15.8 Å². The number of halogens is 1. The van der Waals surface area contributed by atoms with Gasteiger partial charge >= 0.3 is 0 Å². The Morgan fingerprint density at radius 2 is 1.88 bits per heavy atom. The summed E-state index contributed by atoms with van der Waals surface area (Å²) in [6, 6.07) is 12.1. The zero-order valence-electron chi connectivity index (χ0n) is 14.2. The highest BCUT2D eigenvalue weighted by molar-refractivity contribution is 7.89.